The number of hydrogen-bond acceptors (Lipinski definition) is 4. The highest BCUT2D eigenvalue weighted by atomic mass is 16.5. The predicted octanol–water partition coefficient (Wildman–Crippen LogP) is 1.79. The van der Waals surface area contributed by atoms with E-state index in [0.29, 0.717) is 5.56 Å². The number of hydrogen-bond donors (Lipinski definition) is 2. The van der Waals surface area contributed by atoms with Gasteiger partial charge in [-0.1, -0.05) is 30.3 Å². The van der Waals surface area contributed by atoms with E-state index in [2.05, 4.69) is 0 Å². The van der Waals surface area contributed by atoms with Crippen LogP contribution in [0.15, 0.2) is 48.1 Å². The number of benzene rings is 1. The number of allylic oxidation sites excluding steroid dienone is 2. The summed E-state index contributed by atoms with van der Waals surface area (Å²) in [6, 6.07) is 8.92. The highest BCUT2D eigenvalue weighted by Gasteiger charge is 2.31. The number of carbonyl (C=O) groups is 1. The highest BCUT2D eigenvalue weighted by Crippen LogP contribution is 2.26. The molecule has 2 rings (SSSR count). The molecule has 1 aliphatic carbocycles. The van der Waals surface area contributed by atoms with E-state index in [0.717, 1.165) is 0 Å². The Bertz CT molecular complexity index is 519. The molecule has 0 aromatic heterocycles. The van der Waals surface area contributed by atoms with Gasteiger partial charge in [0, 0.05) is 12.7 Å². The van der Waals surface area contributed by atoms with E-state index in [1.807, 2.05) is 6.07 Å². The van der Waals surface area contributed by atoms with Gasteiger partial charge in [-0.25, -0.2) is 0 Å². The Morgan fingerprint density at radius 1 is 1.39 bits per heavy atom. The molecule has 4 nitrogen and oxygen atoms in total. The molecule has 1 atom stereocenters. The monoisotopic (exact) mass is 245 g/mol. The molecule has 18 heavy (non-hydrogen) atoms. The maximum absolute atomic E-state index is 12.0. The Kier molecular flexibility index (Phi) is 3.32. The van der Waals surface area contributed by atoms with Crippen LogP contribution in [0.25, 0.3) is 5.76 Å². The van der Waals surface area contributed by atoms with E-state index >= 15 is 0 Å². The maximum Gasteiger partial charge on any atom is 0.171 e. The minimum absolute atomic E-state index is 0.0201. The average Bonchev–Trinajstić information content (AvgIpc) is 2.39. The van der Waals surface area contributed by atoms with Crippen LogP contribution in [0.3, 0.4) is 0 Å². The Hall–Kier alpha value is -1.91. The fourth-order valence-corrected chi connectivity index (χ4v) is 1.83. The normalized spacial score (nSPS) is 26.2. The molecule has 94 valence electrons. The van der Waals surface area contributed by atoms with Gasteiger partial charge in [-0.3, -0.25) is 10.5 Å². The van der Waals surface area contributed by atoms with Crippen LogP contribution in [0.1, 0.15) is 12.0 Å². The third-order valence-electron chi connectivity index (χ3n) is 2.95. The van der Waals surface area contributed by atoms with Crippen molar-refractivity contribution in [3.63, 3.8) is 0 Å². The van der Waals surface area contributed by atoms with E-state index in [-0.39, 0.29) is 23.5 Å². The van der Waals surface area contributed by atoms with Gasteiger partial charge in [-0.05, 0) is 12.2 Å². The molecule has 0 spiro atoms. The van der Waals surface area contributed by atoms with Crippen LogP contribution < -0.4 is 5.73 Å². The molecule has 0 aliphatic heterocycles. The summed E-state index contributed by atoms with van der Waals surface area (Å²) in [6.45, 7) is 0. The Labute approximate surface area is 105 Å². The number of ketones is 1. The fourth-order valence-electron chi connectivity index (χ4n) is 1.83. The van der Waals surface area contributed by atoms with Gasteiger partial charge in [-0.2, -0.15) is 0 Å². The second-order valence-electron chi connectivity index (χ2n) is 4.22. The second-order valence-corrected chi connectivity index (χ2v) is 4.22. The van der Waals surface area contributed by atoms with Crippen molar-refractivity contribution >= 4 is 11.5 Å². The van der Waals surface area contributed by atoms with Crippen molar-refractivity contribution in [1.29, 1.82) is 0 Å². The van der Waals surface area contributed by atoms with Crippen LogP contribution in [0.5, 0.6) is 0 Å². The zero-order valence-corrected chi connectivity index (χ0v) is 10.1. The van der Waals surface area contributed by atoms with Crippen LogP contribution in [0.4, 0.5) is 0 Å². The first kappa shape index (κ1) is 12.5. The zero-order valence-electron chi connectivity index (χ0n) is 10.1. The lowest BCUT2D eigenvalue weighted by atomic mass is 9.92. The first-order valence-electron chi connectivity index (χ1n) is 5.61. The van der Waals surface area contributed by atoms with Crippen LogP contribution in [0.2, 0.25) is 0 Å². The summed E-state index contributed by atoms with van der Waals surface area (Å²) in [5.41, 5.74) is 5.61. The van der Waals surface area contributed by atoms with Gasteiger partial charge in [-0.15, -0.1) is 0 Å². The third kappa shape index (κ3) is 2.34. The summed E-state index contributed by atoms with van der Waals surface area (Å²) >= 11 is 0. The van der Waals surface area contributed by atoms with Gasteiger partial charge in [0.25, 0.3) is 0 Å². The smallest absolute Gasteiger partial charge is 0.171 e. The number of ether oxygens (including phenoxy) is 1. The molecule has 1 aliphatic rings. The molecule has 1 unspecified atom stereocenters. The second kappa shape index (κ2) is 4.76. The summed E-state index contributed by atoms with van der Waals surface area (Å²) in [4.78, 5) is 12.0. The van der Waals surface area contributed by atoms with Crippen molar-refractivity contribution in [2.75, 3.05) is 7.11 Å². The lowest BCUT2D eigenvalue weighted by Crippen LogP contribution is -2.44. The summed E-state index contributed by atoms with van der Waals surface area (Å²) < 4.78 is 5.05. The number of nitrogens with two attached hydrogens (primary N) is 1. The number of Topliss-reactive ketones (excluding diaryl/α,β-unsaturated/α-hetero) is 1. The molecule has 0 amide bonds. The van der Waals surface area contributed by atoms with Crippen molar-refractivity contribution in [1.82, 2.24) is 0 Å². The lowest BCUT2D eigenvalue weighted by molar-refractivity contribution is -0.120. The van der Waals surface area contributed by atoms with E-state index in [1.165, 1.54) is 13.2 Å². The van der Waals surface area contributed by atoms with Gasteiger partial charge in [0.2, 0.25) is 0 Å². The zero-order chi connectivity index (χ0) is 13.2. The number of aliphatic hydroxyl groups is 1. The Balaban J connectivity index is 2.41. The molecule has 0 radical (unpaired) electrons. The maximum atomic E-state index is 12.0. The third-order valence-corrected chi connectivity index (χ3v) is 2.95. The Morgan fingerprint density at radius 2 is 2.06 bits per heavy atom. The van der Waals surface area contributed by atoms with Crippen LogP contribution in [-0.4, -0.2) is 23.7 Å². The molecular weight excluding hydrogens is 230 g/mol. The van der Waals surface area contributed by atoms with Gasteiger partial charge in [0.15, 0.2) is 5.78 Å². The number of carbonyl (C=O) groups excluding carboxylic acids is 1. The van der Waals surface area contributed by atoms with E-state index in [9.17, 15) is 9.90 Å². The summed E-state index contributed by atoms with van der Waals surface area (Å²) in [6.07, 6.45) is 3.12. The van der Waals surface area contributed by atoms with Crippen LogP contribution >= 0.6 is 0 Å². The summed E-state index contributed by atoms with van der Waals surface area (Å²) in [5.74, 6) is -0.266. The van der Waals surface area contributed by atoms with E-state index in [1.54, 1.807) is 30.3 Å². The molecule has 1 aromatic carbocycles. The SMILES string of the molecule is COC1(N)C=CC(=C(O)c2ccccc2)C(=O)C1. The van der Waals surface area contributed by atoms with Gasteiger partial charge in [0.1, 0.15) is 11.5 Å². The predicted molar refractivity (Wildman–Crippen MR) is 68.7 cm³/mol. The van der Waals surface area contributed by atoms with Gasteiger partial charge >= 0.3 is 0 Å². The van der Waals surface area contributed by atoms with Crippen molar-refractivity contribution in [2.24, 2.45) is 5.73 Å². The molecular formula is C14H15NO3. The lowest BCUT2D eigenvalue weighted by Gasteiger charge is -2.27. The molecule has 4 heteroatoms. The number of aliphatic hydroxyl groups excluding tert-OH is 1. The first-order chi connectivity index (χ1) is 8.56. The molecule has 0 heterocycles. The minimum Gasteiger partial charge on any atom is -0.507 e. The first-order valence-corrected chi connectivity index (χ1v) is 5.61. The molecule has 0 fully saturated rings. The number of rotatable bonds is 2. The molecule has 1 aromatic rings. The number of methoxy groups -OCH3 is 1. The summed E-state index contributed by atoms with van der Waals surface area (Å²) in [5, 5.41) is 10.1. The largest absolute Gasteiger partial charge is 0.507 e. The topological polar surface area (TPSA) is 72.6 Å². The quantitative estimate of drug-likeness (QED) is 0.473. The fraction of sp³-hybridized carbons (Fsp3) is 0.214. The van der Waals surface area contributed by atoms with Crippen molar-refractivity contribution in [2.45, 2.75) is 12.1 Å². The average molecular weight is 245 g/mol. The highest BCUT2D eigenvalue weighted by molar-refractivity contribution is 6.05. The molecule has 3 N–H and O–H groups in total. The Morgan fingerprint density at radius 3 is 2.61 bits per heavy atom. The molecule has 0 saturated heterocycles. The van der Waals surface area contributed by atoms with E-state index < -0.39 is 5.72 Å². The van der Waals surface area contributed by atoms with E-state index in [4.69, 9.17) is 10.5 Å². The molecule has 0 bridgehead atoms. The minimum atomic E-state index is -1.07. The van der Waals surface area contributed by atoms with Crippen LogP contribution in [-0.2, 0) is 9.53 Å². The summed E-state index contributed by atoms with van der Waals surface area (Å²) in [7, 11) is 1.45. The van der Waals surface area contributed by atoms with Crippen LogP contribution in [0, 0.1) is 0 Å². The van der Waals surface area contributed by atoms with Crippen molar-refractivity contribution in [3.8, 4) is 0 Å². The van der Waals surface area contributed by atoms with Gasteiger partial charge < -0.3 is 9.84 Å². The van der Waals surface area contributed by atoms with Crippen molar-refractivity contribution in [3.05, 3.63) is 53.6 Å². The van der Waals surface area contributed by atoms with Crippen molar-refractivity contribution < 1.29 is 14.6 Å². The standard InChI is InChI=1S/C14H15NO3/c1-18-14(15)8-7-11(12(16)9-14)13(17)10-5-3-2-4-6-10/h2-8,17H,9,15H2,1H3. The molecule has 0 saturated carbocycles. The van der Waals surface area contributed by atoms with Gasteiger partial charge in [0.05, 0.1) is 12.0 Å².